The fraction of sp³-hybridized carbons (Fsp3) is 0.300. The van der Waals surface area contributed by atoms with Gasteiger partial charge in [0, 0.05) is 12.1 Å². The highest BCUT2D eigenvalue weighted by molar-refractivity contribution is 5.31. The summed E-state index contributed by atoms with van der Waals surface area (Å²) >= 11 is 0. The molecule has 4 nitrogen and oxygen atoms in total. The number of phenolic OH excluding ortho intramolecular Hbond substituents is 1. The zero-order chi connectivity index (χ0) is 12.3. The number of hydrogen-bond acceptors (Lipinski definition) is 4. The number of hydrogen-bond donors (Lipinski definition) is 3. The van der Waals surface area contributed by atoms with E-state index in [9.17, 15) is 19.0 Å². The number of nitrogens with zero attached hydrogens (tertiary/aromatic N) is 1. The van der Waals surface area contributed by atoms with Crippen molar-refractivity contribution >= 4 is 0 Å². The van der Waals surface area contributed by atoms with Crippen molar-refractivity contribution in [2.75, 3.05) is 0 Å². The van der Waals surface area contributed by atoms with Gasteiger partial charge in [-0.15, -0.1) is 0 Å². The van der Waals surface area contributed by atoms with E-state index in [1.807, 2.05) is 0 Å². The maximum absolute atomic E-state index is 13.2. The molecule has 0 heterocycles. The summed E-state index contributed by atoms with van der Waals surface area (Å²) in [6.07, 6.45) is -3.89. The van der Waals surface area contributed by atoms with Crippen molar-refractivity contribution in [2.45, 2.75) is 18.6 Å². The summed E-state index contributed by atoms with van der Waals surface area (Å²) in [6.45, 7) is 0. The molecule has 1 rings (SSSR count). The van der Waals surface area contributed by atoms with Crippen LogP contribution >= 0.6 is 0 Å². The fourth-order valence-corrected chi connectivity index (χ4v) is 1.25. The quantitative estimate of drug-likeness (QED) is 0.721. The highest BCUT2D eigenvalue weighted by Gasteiger charge is 2.25. The number of aliphatic hydroxyl groups is 2. The Morgan fingerprint density at radius 2 is 1.75 bits per heavy atom. The molecule has 0 fully saturated rings. The van der Waals surface area contributed by atoms with Gasteiger partial charge in [-0.1, -0.05) is 0 Å². The van der Waals surface area contributed by atoms with Crippen LogP contribution in [0.3, 0.4) is 0 Å². The first kappa shape index (κ1) is 12.4. The van der Waals surface area contributed by atoms with E-state index in [-0.39, 0.29) is 0 Å². The van der Waals surface area contributed by atoms with Crippen LogP contribution in [0, 0.1) is 23.0 Å². The van der Waals surface area contributed by atoms with Crippen LogP contribution in [-0.4, -0.2) is 21.4 Å². The number of aliphatic hydroxyl groups excluding tert-OH is 2. The van der Waals surface area contributed by atoms with Gasteiger partial charge in [0.25, 0.3) is 0 Å². The third kappa shape index (κ3) is 2.45. The lowest BCUT2D eigenvalue weighted by atomic mass is 10.0. The van der Waals surface area contributed by atoms with Crippen LogP contribution < -0.4 is 0 Å². The van der Waals surface area contributed by atoms with E-state index in [1.165, 1.54) is 0 Å². The normalized spacial score (nSPS) is 14.2. The number of rotatable bonds is 3. The molecule has 0 amide bonds. The molecule has 0 aliphatic rings. The van der Waals surface area contributed by atoms with Crippen LogP contribution in [0.2, 0.25) is 0 Å². The minimum Gasteiger partial charge on any atom is -0.508 e. The minimum atomic E-state index is -1.85. The Bertz CT molecular complexity index is 408. The maximum atomic E-state index is 13.2. The molecule has 0 radical (unpaired) electrons. The van der Waals surface area contributed by atoms with Crippen molar-refractivity contribution < 1.29 is 24.1 Å². The summed E-state index contributed by atoms with van der Waals surface area (Å²) in [4.78, 5) is 0. The van der Waals surface area contributed by atoms with Crippen LogP contribution in [-0.2, 0) is 0 Å². The predicted molar refractivity (Wildman–Crippen MR) is 49.2 cm³/mol. The highest BCUT2D eigenvalue weighted by Crippen LogP contribution is 2.27. The monoisotopic (exact) mass is 229 g/mol. The van der Waals surface area contributed by atoms with Crippen LogP contribution in [0.4, 0.5) is 8.78 Å². The molecule has 86 valence electrons. The van der Waals surface area contributed by atoms with Crippen LogP contribution in [0.5, 0.6) is 5.75 Å². The van der Waals surface area contributed by atoms with Gasteiger partial charge in [-0.3, -0.25) is 0 Å². The molecule has 0 aliphatic carbocycles. The van der Waals surface area contributed by atoms with E-state index < -0.39 is 41.6 Å². The van der Waals surface area contributed by atoms with E-state index in [4.69, 9.17) is 10.4 Å². The zero-order valence-corrected chi connectivity index (χ0v) is 8.06. The van der Waals surface area contributed by atoms with Crippen molar-refractivity contribution in [3.63, 3.8) is 0 Å². The molecule has 16 heavy (non-hydrogen) atoms. The molecule has 0 aliphatic heterocycles. The first-order chi connectivity index (χ1) is 7.47. The molecule has 0 saturated carbocycles. The first-order valence-electron chi connectivity index (χ1n) is 4.38. The van der Waals surface area contributed by atoms with Gasteiger partial charge in [-0.2, -0.15) is 5.26 Å². The molecule has 1 aromatic carbocycles. The number of benzene rings is 1. The molecule has 1 aromatic rings. The van der Waals surface area contributed by atoms with Gasteiger partial charge >= 0.3 is 0 Å². The summed E-state index contributed by atoms with van der Waals surface area (Å²) in [7, 11) is 0. The second-order valence-electron chi connectivity index (χ2n) is 3.20. The summed E-state index contributed by atoms with van der Waals surface area (Å²) in [6, 6.07) is 2.79. The Morgan fingerprint density at radius 3 is 2.19 bits per heavy atom. The Balaban J connectivity index is 3.09. The van der Waals surface area contributed by atoms with Gasteiger partial charge in [0.2, 0.25) is 0 Å². The molecule has 6 heteroatoms. The third-order valence-corrected chi connectivity index (χ3v) is 2.02. The van der Waals surface area contributed by atoms with Gasteiger partial charge in [0.1, 0.15) is 23.5 Å². The molecule has 0 bridgehead atoms. The lowest BCUT2D eigenvalue weighted by Gasteiger charge is -2.17. The van der Waals surface area contributed by atoms with Crippen molar-refractivity contribution in [1.82, 2.24) is 0 Å². The van der Waals surface area contributed by atoms with Gasteiger partial charge in [0.15, 0.2) is 0 Å². The van der Waals surface area contributed by atoms with Crippen LogP contribution in [0.25, 0.3) is 0 Å². The van der Waals surface area contributed by atoms with Crippen molar-refractivity contribution in [3.05, 3.63) is 29.3 Å². The molecule has 2 atom stereocenters. The lowest BCUT2D eigenvalue weighted by Crippen LogP contribution is -2.20. The summed E-state index contributed by atoms with van der Waals surface area (Å²) < 4.78 is 26.4. The number of phenols is 1. The van der Waals surface area contributed by atoms with E-state index in [2.05, 4.69) is 0 Å². The number of aromatic hydroxyl groups is 1. The number of nitriles is 1. The smallest absolute Gasteiger partial charge is 0.135 e. The minimum absolute atomic E-state index is 0.457. The van der Waals surface area contributed by atoms with Crippen LogP contribution in [0.1, 0.15) is 18.1 Å². The van der Waals surface area contributed by atoms with Crippen LogP contribution in [0.15, 0.2) is 12.1 Å². The fourth-order valence-electron chi connectivity index (χ4n) is 1.25. The van der Waals surface area contributed by atoms with E-state index in [0.29, 0.717) is 12.1 Å². The molecule has 2 unspecified atom stereocenters. The van der Waals surface area contributed by atoms with Gasteiger partial charge in [-0.05, 0) is 0 Å². The Morgan fingerprint density at radius 1 is 1.25 bits per heavy atom. The van der Waals surface area contributed by atoms with Crippen molar-refractivity contribution in [2.24, 2.45) is 0 Å². The SMILES string of the molecule is N#CCC(O)C(O)c1c(F)cc(O)cc1F. The summed E-state index contributed by atoms with van der Waals surface area (Å²) in [5, 5.41) is 35.8. The lowest BCUT2D eigenvalue weighted by molar-refractivity contribution is 0.0171. The molecular weight excluding hydrogens is 220 g/mol. The highest BCUT2D eigenvalue weighted by atomic mass is 19.1. The largest absolute Gasteiger partial charge is 0.508 e. The summed E-state index contributed by atoms with van der Waals surface area (Å²) in [5.41, 5.74) is -0.763. The standard InChI is InChI=1S/C10H9F2NO3/c11-6-3-5(14)4-7(12)9(6)10(16)8(15)1-2-13/h3-4,8,10,14-16H,1H2. The topological polar surface area (TPSA) is 84.5 Å². The third-order valence-electron chi connectivity index (χ3n) is 2.02. The average molecular weight is 229 g/mol. The first-order valence-corrected chi connectivity index (χ1v) is 4.38. The molecule has 0 aromatic heterocycles. The Hall–Kier alpha value is -1.71. The molecule has 0 saturated heterocycles. The zero-order valence-electron chi connectivity index (χ0n) is 8.06. The Kier molecular flexibility index (Phi) is 3.77. The average Bonchev–Trinajstić information content (AvgIpc) is 2.16. The summed E-state index contributed by atoms with van der Waals surface area (Å²) in [5.74, 6) is -2.98. The van der Waals surface area contributed by atoms with Crippen molar-refractivity contribution in [1.29, 1.82) is 5.26 Å². The molecular formula is C10H9F2NO3. The van der Waals surface area contributed by atoms with E-state index >= 15 is 0 Å². The second-order valence-corrected chi connectivity index (χ2v) is 3.20. The molecule has 3 N–H and O–H groups in total. The maximum Gasteiger partial charge on any atom is 0.135 e. The second kappa shape index (κ2) is 4.88. The van der Waals surface area contributed by atoms with Gasteiger partial charge in [-0.25, -0.2) is 8.78 Å². The number of halogens is 2. The van der Waals surface area contributed by atoms with E-state index in [0.717, 1.165) is 0 Å². The predicted octanol–water partition coefficient (Wildman–Crippen LogP) is 0.978. The molecule has 0 spiro atoms. The van der Waals surface area contributed by atoms with Crippen molar-refractivity contribution in [3.8, 4) is 11.8 Å². The van der Waals surface area contributed by atoms with Gasteiger partial charge < -0.3 is 15.3 Å². The Labute approximate surface area is 90.0 Å². The van der Waals surface area contributed by atoms with E-state index in [1.54, 1.807) is 6.07 Å². The van der Waals surface area contributed by atoms with Gasteiger partial charge in [0.05, 0.1) is 24.2 Å².